The van der Waals surface area contributed by atoms with Gasteiger partial charge in [0.05, 0.1) is 0 Å². The second kappa shape index (κ2) is 12.7. The summed E-state index contributed by atoms with van der Waals surface area (Å²) in [5.74, 6) is 0. The van der Waals surface area contributed by atoms with Crippen molar-refractivity contribution >= 4 is 0 Å². The van der Waals surface area contributed by atoms with Crippen molar-refractivity contribution in [2.75, 3.05) is 0 Å². The molecule has 0 atom stereocenters. The minimum atomic E-state index is 0. The van der Waals surface area contributed by atoms with Gasteiger partial charge in [0.1, 0.15) is 0 Å². The van der Waals surface area contributed by atoms with E-state index in [1.54, 1.807) is 11.1 Å². The Labute approximate surface area is 166 Å². The van der Waals surface area contributed by atoms with Gasteiger partial charge in [-0.25, -0.2) is 17.7 Å². The van der Waals surface area contributed by atoms with Crippen molar-refractivity contribution in [3.63, 3.8) is 0 Å². The number of halogens is 2. The van der Waals surface area contributed by atoms with Crippen molar-refractivity contribution in [3.8, 4) is 0 Å². The third-order valence-corrected chi connectivity index (χ3v) is 3.30. The average Bonchev–Trinajstić information content (AvgIpc) is 3.01. The summed E-state index contributed by atoms with van der Waals surface area (Å²) in [6.45, 7) is 2.15. The Morgan fingerprint density at radius 2 is 1.95 bits per heavy atom. The van der Waals surface area contributed by atoms with Gasteiger partial charge in [-0.2, -0.15) is 29.3 Å². The van der Waals surface area contributed by atoms with Crippen LogP contribution in [0.5, 0.6) is 0 Å². The summed E-state index contributed by atoms with van der Waals surface area (Å²) in [7, 11) is 0. The number of fused-ring (bicyclic) bond motifs is 1. The van der Waals surface area contributed by atoms with Gasteiger partial charge in [0.15, 0.2) is 0 Å². The fraction of sp³-hybridized carbons (Fsp3) is 0.438. The SMILES string of the molecule is CCC1=[C-]CC=C1.[I-].[I-].[Ti+4].c1cc2c([cH-]1)CCCC2. The van der Waals surface area contributed by atoms with Gasteiger partial charge in [0.25, 0.3) is 0 Å². The quantitative estimate of drug-likeness (QED) is 0.241. The van der Waals surface area contributed by atoms with E-state index >= 15 is 0 Å². The summed E-state index contributed by atoms with van der Waals surface area (Å²) < 4.78 is 0. The monoisotopic (exact) mass is 514 g/mol. The minimum Gasteiger partial charge on any atom is -1.00 e. The molecule has 0 aliphatic heterocycles. The van der Waals surface area contributed by atoms with Crippen LogP contribution in [0.2, 0.25) is 0 Å². The second-order valence-electron chi connectivity index (χ2n) is 4.45. The minimum absolute atomic E-state index is 0. The molecule has 0 radical (unpaired) electrons. The van der Waals surface area contributed by atoms with Gasteiger partial charge in [-0.3, -0.25) is 6.08 Å². The first-order valence-corrected chi connectivity index (χ1v) is 6.40. The maximum Gasteiger partial charge on any atom is 4.00 e. The first-order chi connectivity index (χ1) is 7.90. The van der Waals surface area contributed by atoms with E-state index in [4.69, 9.17) is 0 Å². The van der Waals surface area contributed by atoms with Gasteiger partial charge < -0.3 is 48.0 Å². The molecule has 0 N–H and O–H groups in total. The van der Waals surface area contributed by atoms with Crippen LogP contribution in [0, 0.1) is 6.08 Å². The van der Waals surface area contributed by atoms with Crippen LogP contribution >= 0.6 is 0 Å². The zero-order chi connectivity index (χ0) is 11.2. The van der Waals surface area contributed by atoms with Crippen LogP contribution in [-0.2, 0) is 34.6 Å². The Morgan fingerprint density at radius 1 is 1.21 bits per heavy atom. The van der Waals surface area contributed by atoms with E-state index in [1.165, 1.54) is 31.3 Å². The fourth-order valence-corrected chi connectivity index (χ4v) is 2.31. The Kier molecular flexibility index (Phi) is 14.9. The largest absolute Gasteiger partial charge is 4.00 e. The molecule has 3 heteroatoms. The molecule has 0 saturated carbocycles. The van der Waals surface area contributed by atoms with Crippen molar-refractivity contribution in [3.05, 3.63) is 53.1 Å². The molecule has 0 aromatic heterocycles. The predicted octanol–water partition coefficient (Wildman–Crippen LogP) is -1.62. The van der Waals surface area contributed by atoms with E-state index in [0.717, 1.165) is 12.8 Å². The predicted molar refractivity (Wildman–Crippen MR) is 69.5 cm³/mol. The molecule has 0 bridgehead atoms. The average molecular weight is 514 g/mol. The van der Waals surface area contributed by atoms with E-state index in [1.807, 2.05) is 0 Å². The van der Waals surface area contributed by atoms with E-state index in [-0.39, 0.29) is 69.7 Å². The molecule has 0 saturated heterocycles. The van der Waals surface area contributed by atoms with Crippen molar-refractivity contribution in [2.24, 2.45) is 0 Å². The summed E-state index contributed by atoms with van der Waals surface area (Å²) >= 11 is 0. The summed E-state index contributed by atoms with van der Waals surface area (Å²) in [6, 6.07) is 6.69. The van der Waals surface area contributed by atoms with E-state index in [9.17, 15) is 0 Å². The molecule has 2 aliphatic rings. The first kappa shape index (κ1) is 22.3. The molecule has 19 heavy (non-hydrogen) atoms. The molecular formula is C16H20I2Ti. The number of rotatable bonds is 1. The van der Waals surface area contributed by atoms with E-state index in [2.05, 4.69) is 43.4 Å². The first-order valence-electron chi connectivity index (χ1n) is 6.40. The van der Waals surface area contributed by atoms with Gasteiger partial charge in [-0.15, -0.1) is 6.42 Å². The molecule has 0 heterocycles. The molecule has 0 nitrogen and oxygen atoms in total. The van der Waals surface area contributed by atoms with Crippen LogP contribution in [0.25, 0.3) is 0 Å². The standard InChI is InChI=1S/C9H11.C7H9.2HI.Ti/c1-2-5-9-7-3-6-8(9)4-1;1-2-7-5-3-4-6-7;;;/h3,6-7H,1-2,4-5H2;3,5H,2,4H2,1H3;2*1H;/q2*-1;;;+4/p-2. The van der Waals surface area contributed by atoms with Crippen LogP contribution in [-0.4, -0.2) is 0 Å². The van der Waals surface area contributed by atoms with Gasteiger partial charge >= 0.3 is 21.7 Å². The Morgan fingerprint density at radius 3 is 2.47 bits per heavy atom. The summed E-state index contributed by atoms with van der Waals surface area (Å²) in [5, 5.41) is 0. The van der Waals surface area contributed by atoms with Gasteiger partial charge in [0.2, 0.25) is 0 Å². The number of aryl methyl sites for hydroxylation is 2. The van der Waals surface area contributed by atoms with Gasteiger partial charge in [0, 0.05) is 0 Å². The zero-order valence-electron chi connectivity index (χ0n) is 11.4. The molecule has 0 fully saturated rings. The molecule has 1 aromatic carbocycles. The molecule has 102 valence electrons. The van der Waals surface area contributed by atoms with Crippen LogP contribution in [0.1, 0.15) is 43.7 Å². The topological polar surface area (TPSA) is 0 Å². The Hall–Kier alpha value is 1.00. The maximum atomic E-state index is 3.21. The van der Waals surface area contributed by atoms with Crippen molar-refractivity contribution < 1.29 is 69.7 Å². The Bertz CT molecular complexity index is 371. The number of allylic oxidation sites excluding steroid dienone is 4. The van der Waals surface area contributed by atoms with Gasteiger partial charge in [-0.1, -0.05) is 39.0 Å². The molecule has 0 amide bonds. The van der Waals surface area contributed by atoms with Crippen LogP contribution in [0.3, 0.4) is 0 Å². The molecular weight excluding hydrogens is 494 g/mol. The van der Waals surface area contributed by atoms with E-state index in [0.29, 0.717) is 0 Å². The van der Waals surface area contributed by atoms with Gasteiger partial charge in [-0.05, 0) is 0 Å². The summed E-state index contributed by atoms with van der Waals surface area (Å²) in [6.07, 6.45) is 15.1. The molecule has 0 unspecified atom stereocenters. The van der Waals surface area contributed by atoms with Crippen molar-refractivity contribution in [2.45, 2.75) is 45.4 Å². The Balaban J connectivity index is 0. The molecule has 1 aromatic rings. The summed E-state index contributed by atoms with van der Waals surface area (Å²) in [4.78, 5) is 0. The van der Waals surface area contributed by atoms with E-state index < -0.39 is 0 Å². The summed E-state index contributed by atoms with van der Waals surface area (Å²) in [5.41, 5.74) is 4.56. The van der Waals surface area contributed by atoms with Crippen molar-refractivity contribution in [1.82, 2.24) is 0 Å². The normalized spacial score (nSPS) is 14.7. The van der Waals surface area contributed by atoms with Crippen LogP contribution in [0.4, 0.5) is 0 Å². The fourth-order valence-electron chi connectivity index (χ4n) is 2.31. The third-order valence-electron chi connectivity index (χ3n) is 3.30. The number of hydrogen-bond donors (Lipinski definition) is 0. The van der Waals surface area contributed by atoms with Crippen LogP contribution in [0.15, 0.2) is 35.9 Å². The second-order valence-corrected chi connectivity index (χ2v) is 4.45. The zero-order valence-corrected chi connectivity index (χ0v) is 17.3. The number of hydrogen-bond acceptors (Lipinski definition) is 0. The molecule has 2 aliphatic carbocycles. The van der Waals surface area contributed by atoms with Crippen molar-refractivity contribution in [1.29, 1.82) is 0 Å². The maximum absolute atomic E-state index is 3.21. The van der Waals surface area contributed by atoms with Crippen LogP contribution < -0.4 is 48.0 Å². The molecule has 3 rings (SSSR count). The molecule has 0 spiro atoms. The smallest absolute Gasteiger partial charge is 1.00 e. The third kappa shape index (κ3) is 7.54.